The van der Waals surface area contributed by atoms with E-state index in [0.29, 0.717) is 17.6 Å². The first kappa shape index (κ1) is 16.0. The van der Waals surface area contributed by atoms with Crippen molar-refractivity contribution in [2.45, 2.75) is 38.3 Å². The van der Waals surface area contributed by atoms with Gasteiger partial charge in [-0.1, -0.05) is 31.1 Å². The fraction of sp³-hybridized carbons (Fsp3) is 0.562. The first-order valence-corrected chi connectivity index (χ1v) is 7.78. The first-order valence-electron chi connectivity index (χ1n) is 7.37. The number of nitrogens with two attached hydrogens (primary N) is 1. The Balaban J connectivity index is 2.13. The fourth-order valence-electron chi connectivity index (χ4n) is 3.00. The number of ether oxygens (including phenoxy) is 2. The highest BCUT2D eigenvalue weighted by Gasteiger charge is 2.23. The molecule has 5 heteroatoms. The maximum atomic E-state index is 5.76. The third-order valence-corrected chi connectivity index (χ3v) is 4.16. The molecule has 0 atom stereocenters. The molecule has 0 saturated heterocycles. The summed E-state index contributed by atoms with van der Waals surface area (Å²) in [5.74, 6) is 1.51. The Hall–Kier alpha value is -1.33. The van der Waals surface area contributed by atoms with Crippen LogP contribution in [0.4, 0.5) is 0 Å². The van der Waals surface area contributed by atoms with E-state index in [0.717, 1.165) is 18.0 Å². The molecule has 21 heavy (non-hydrogen) atoms. The van der Waals surface area contributed by atoms with Gasteiger partial charge in [0, 0.05) is 19.1 Å². The summed E-state index contributed by atoms with van der Waals surface area (Å²) in [6.45, 7) is 1.51. The maximum absolute atomic E-state index is 5.76. The summed E-state index contributed by atoms with van der Waals surface area (Å²) >= 11 is 5.10. The van der Waals surface area contributed by atoms with Crippen LogP contribution in [0.5, 0.6) is 11.5 Å². The molecular formula is C16H24N2O2S. The van der Waals surface area contributed by atoms with Crippen molar-refractivity contribution >= 4 is 17.2 Å². The molecule has 0 bridgehead atoms. The molecule has 1 fully saturated rings. The SMILES string of the molecule is COc1ccc(CN(CC(N)=S)C2CCCC2)cc1OC. The van der Waals surface area contributed by atoms with Crippen LogP contribution in [-0.4, -0.2) is 36.7 Å². The Morgan fingerprint density at radius 1 is 1.24 bits per heavy atom. The molecule has 0 aromatic heterocycles. The molecule has 116 valence electrons. The van der Waals surface area contributed by atoms with Crippen molar-refractivity contribution in [2.75, 3.05) is 20.8 Å². The Bertz CT molecular complexity index is 487. The van der Waals surface area contributed by atoms with Gasteiger partial charge in [0.1, 0.15) is 0 Å². The van der Waals surface area contributed by atoms with Crippen molar-refractivity contribution in [3.05, 3.63) is 23.8 Å². The van der Waals surface area contributed by atoms with E-state index in [2.05, 4.69) is 11.0 Å². The van der Waals surface area contributed by atoms with Gasteiger partial charge in [0.15, 0.2) is 11.5 Å². The summed E-state index contributed by atoms with van der Waals surface area (Å²) in [6.07, 6.45) is 5.06. The average molecular weight is 308 g/mol. The monoisotopic (exact) mass is 308 g/mol. The van der Waals surface area contributed by atoms with Crippen LogP contribution in [-0.2, 0) is 6.54 Å². The van der Waals surface area contributed by atoms with E-state index in [1.807, 2.05) is 12.1 Å². The summed E-state index contributed by atoms with van der Waals surface area (Å²) in [4.78, 5) is 2.94. The summed E-state index contributed by atoms with van der Waals surface area (Å²) in [5.41, 5.74) is 6.95. The Morgan fingerprint density at radius 2 is 1.90 bits per heavy atom. The molecule has 2 N–H and O–H groups in total. The highest BCUT2D eigenvalue weighted by Crippen LogP contribution is 2.30. The van der Waals surface area contributed by atoms with Gasteiger partial charge in [-0.3, -0.25) is 4.90 Å². The van der Waals surface area contributed by atoms with Gasteiger partial charge in [0.2, 0.25) is 0 Å². The number of methoxy groups -OCH3 is 2. The normalized spacial score (nSPS) is 15.4. The first-order chi connectivity index (χ1) is 10.1. The van der Waals surface area contributed by atoms with Crippen LogP contribution in [0.2, 0.25) is 0 Å². The lowest BCUT2D eigenvalue weighted by atomic mass is 10.1. The zero-order valence-electron chi connectivity index (χ0n) is 12.8. The maximum Gasteiger partial charge on any atom is 0.161 e. The molecular weight excluding hydrogens is 284 g/mol. The van der Waals surface area contributed by atoms with Crippen LogP contribution in [0.3, 0.4) is 0 Å². The van der Waals surface area contributed by atoms with E-state index in [4.69, 9.17) is 27.4 Å². The second-order valence-electron chi connectivity index (χ2n) is 5.50. The minimum absolute atomic E-state index is 0.558. The van der Waals surface area contributed by atoms with E-state index in [-0.39, 0.29) is 0 Å². The van der Waals surface area contributed by atoms with Gasteiger partial charge in [-0.15, -0.1) is 0 Å². The van der Waals surface area contributed by atoms with Gasteiger partial charge in [0.05, 0.1) is 19.2 Å². The van der Waals surface area contributed by atoms with Crippen LogP contribution in [0, 0.1) is 0 Å². The third kappa shape index (κ3) is 4.32. The highest BCUT2D eigenvalue weighted by molar-refractivity contribution is 7.80. The molecule has 1 aliphatic rings. The minimum Gasteiger partial charge on any atom is -0.493 e. The second-order valence-corrected chi connectivity index (χ2v) is 6.02. The van der Waals surface area contributed by atoms with Gasteiger partial charge in [-0.2, -0.15) is 0 Å². The van der Waals surface area contributed by atoms with Crippen LogP contribution in [0.25, 0.3) is 0 Å². The number of hydrogen-bond donors (Lipinski definition) is 1. The zero-order chi connectivity index (χ0) is 15.2. The minimum atomic E-state index is 0.558. The molecule has 1 aromatic carbocycles. The van der Waals surface area contributed by atoms with Gasteiger partial charge in [0.25, 0.3) is 0 Å². The molecule has 0 radical (unpaired) electrons. The molecule has 1 aliphatic carbocycles. The van der Waals surface area contributed by atoms with Crippen molar-refractivity contribution in [1.82, 2.24) is 4.90 Å². The predicted octanol–water partition coefficient (Wildman–Crippen LogP) is 2.73. The molecule has 4 nitrogen and oxygen atoms in total. The molecule has 0 amide bonds. The van der Waals surface area contributed by atoms with E-state index in [1.165, 1.54) is 31.2 Å². The van der Waals surface area contributed by atoms with Crippen molar-refractivity contribution in [3.63, 3.8) is 0 Å². The standard InChI is InChI=1S/C16H24N2O2S/c1-19-14-8-7-12(9-15(14)20-2)10-18(11-16(17)21)13-5-3-4-6-13/h7-9,13H,3-6,10-11H2,1-2H3,(H2,17,21). The van der Waals surface area contributed by atoms with Crippen LogP contribution in [0.15, 0.2) is 18.2 Å². The summed E-state index contributed by atoms with van der Waals surface area (Å²) < 4.78 is 10.7. The van der Waals surface area contributed by atoms with E-state index < -0.39 is 0 Å². The molecule has 0 aliphatic heterocycles. The second kappa shape index (κ2) is 7.61. The summed E-state index contributed by atoms with van der Waals surface area (Å²) in [7, 11) is 3.31. The van der Waals surface area contributed by atoms with Crippen molar-refractivity contribution in [1.29, 1.82) is 0 Å². The van der Waals surface area contributed by atoms with Crippen LogP contribution >= 0.6 is 12.2 Å². The van der Waals surface area contributed by atoms with Gasteiger partial charge >= 0.3 is 0 Å². The lowest BCUT2D eigenvalue weighted by Crippen LogP contribution is -2.38. The van der Waals surface area contributed by atoms with E-state index in [9.17, 15) is 0 Å². The highest BCUT2D eigenvalue weighted by atomic mass is 32.1. The number of thiocarbonyl (C=S) groups is 1. The Morgan fingerprint density at radius 3 is 2.48 bits per heavy atom. The number of hydrogen-bond acceptors (Lipinski definition) is 4. The molecule has 0 unspecified atom stereocenters. The fourth-order valence-corrected chi connectivity index (χ4v) is 3.16. The predicted molar refractivity (Wildman–Crippen MR) is 89.0 cm³/mol. The quantitative estimate of drug-likeness (QED) is 0.785. The van der Waals surface area contributed by atoms with Crippen LogP contribution in [0.1, 0.15) is 31.2 Å². The number of benzene rings is 1. The molecule has 1 aromatic rings. The number of nitrogens with zero attached hydrogens (tertiary/aromatic N) is 1. The largest absolute Gasteiger partial charge is 0.493 e. The van der Waals surface area contributed by atoms with Crippen molar-refractivity contribution in [2.24, 2.45) is 5.73 Å². The zero-order valence-corrected chi connectivity index (χ0v) is 13.6. The van der Waals surface area contributed by atoms with E-state index >= 15 is 0 Å². The number of rotatable bonds is 7. The Labute approximate surface area is 132 Å². The Kier molecular flexibility index (Phi) is 5.82. The average Bonchev–Trinajstić information content (AvgIpc) is 3.00. The van der Waals surface area contributed by atoms with Crippen LogP contribution < -0.4 is 15.2 Å². The summed E-state index contributed by atoms with van der Waals surface area (Å²) in [5, 5.41) is 0. The van der Waals surface area contributed by atoms with Gasteiger partial charge in [-0.25, -0.2) is 0 Å². The van der Waals surface area contributed by atoms with Gasteiger partial charge < -0.3 is 15.2 Å². The summed E-state index contributed by atoms with van der Waals surface area (Å²) in [6, 6.07) is 6.63. The molecule has 0 spiro atoms. The molecule has 1 saturated carbocycles. The topological polar surface area (TPSA) is 47.7 Å². The lowest BCUT2D eigenvalue weighted by Gasteiger charge is -2.28. The molecule has 2 rings (SSSR count). The van der Waals surface area contributed by atoms with Crippen molar-refractivity contribution < 1.29 is 9.47 Å². The van der Waals surface area contributed by atoms with Crippen molar-refractivity contribution in [3.8, 4) is 11.5 Å². The molecule has 0 heterocycles. The van der Waals surface area contributed by atoms with E-state index in [1.54, 1.807) is 14.2 Å². The smallest absolute Gasteiger partial charge is 0.161 e. The lowest BCUT2D eigenvalue weighted by molar-refractivity contribution is 0.218. The third-order valence-electron chi connectivity index (χ3n) is 4.03. The van der Waals surface area contributed by atoms with Gasteiger partial charge in [-0.05, 0) is 30.5 Å².